The molecule has 0 atom stereocenters. The second kappa shape index (κ2) is 28.1. The van der Waals surface area contributed by atoms with E-state index in [1.165, 1.54) is 41.5 Å². The van der Waals surface area contributed by atoms with Gasteiger partial charge in [-0.25, -0.2) is 9.59 Å². The van der Waals surface area contributed by atoms with Crippen LogP contribution in [0.3, 0.4) is 0 Å². The largest absolute Gasteiger partial charge is 1.00 e. The molecule has 4 N–H and O–H groups in total. The number of carbonyl (C=O) groups excluding carboxylic acids is 1. The van der Waals surface area contributed by atoms with Gasteiger partial charge in [0.15, 0.2) is 0 Å². The predicted molar refractivity (Wildman–Crippen MR) is 278 cm³/mol. The van der Waals surface area contributed by atoms with E-state index in [1.807, 2.05) is 55.9 Å². The molecule has 0 fully saturated rings. The molecule has 0 aliphatic carbocycles. The molecule has 0 amide bonds. The van der Waals surface area contributed by atoms with Crippen LogP contribution in [0, 0.1) is 22.7 Å². The molecule has 0 aliphatic heterocycles. The number of pyridine rings is 2. The summed E-state index contributed by atoms with van der Waals surface area (Å²) in [6.45, 7) is 7.96. The number of rotatable bonds is 21. The third kappa shape index (κ3) is 13.7. The molecule has 388 valence electrons. The van der Waals surface area contributed by atoms with Crippen molar-refractivity contribution in [2.45, 2.75) is 72.6 Å². The Morgan fingerprint density at radius 1 is 0.667 bits per heavy atom. The van der Waals surface area contributed by atoms with Crippen LogP contribution in [0.1, 0.15) is 101 Å². The first-order valence-corrected chi connectivity index (χ1v) is 24.8. The van der Waals surface area contributed by atoms with Crippen molar-refractivity contribution in [1.29, 1.82) is 10.5 Å². The molecule has 0 saturated carbocycles. The Kier molecular flexibility index (Phi) is 22.4. The van der Waals surface area contributed by atoms with Crippen LogP contribution in [-0.2, 0) is 30.9 Å². The van der Waals surface area contributed by atoms with Gasteiger partial charge in [0.05, 0.1) is 104 Å². The number of aromatic nitrogens is 6. The number of hydrogen-bond donors (Lipinski definition) is 1. The van der Waals surface area contributed by atoms with Crippen LogP contribution >= 0.6 is 22.7 Å². The first kappa shape index (κ1) is 59.9. The molecule has 8 aromatic rings. The van der Waals surface area contributed by atoms with Gasteiger partial charge >= 0.3 is 30.8 Å². The van der Waals surface area contributed by atoms with Crippen molar-refractivity contribution in [1.82, 2.24) is 28.7 Å². The molecule has 2 aromatic carbocycles. The number of carboxylic acids is 1. The number of aromatic carboxylic acids is 1. The standard InChI is InChI=1S/C27H28N4O5S.C25H24N4O5S.Li.2H2O/c1-4-6-10-36-24-23(27(33)35-5-2)25-21(9-11-37-25)31(26(24)32)17-19-14-29-30(16-19)15-18-7-8-20(13-28)22(12-18)34-3;1-3-4-8-34-22-21(25(31)32)23-19(7-9-35-23)29(24(22)30)15-17-12-27-28(14-17)13-16-5-6-18(11-26)20(10-16)33-2;;;/h7-9,11-12,14,16H,4-6,10,15,17H2,1-3H3;5-7,9-10,12,14H,3-4,8,13,15H2,1-2H3,(H,31,32);;2*1H2/q;;+1;;/p-1. The van der Waals surface area contributed by atoms with Gasteiger partial charge in [0, 0.05) is 23.5 Å². The van der Waals surface area contributed by atoms with E-state index in [0.717, 1.165) is 41.5 Å². The fourth-order valence-corrected chi connectivity index (χ4v) is 9.69. The number of benzene rings is 2. The Morgan fingerprint density at radius 2 is 1.11 bits per heavy atom. The average molecular weight is 1060 g/mol. The van der Waals surface area contributed by atoms with E-state index >= 15 is 0 Å². The zero-order valence-electron chi connectivity index (χ0n) is 42.3. The quantitative estimate of drug-likeness (QED) is 0.0579. The molecule has 0 radical (unpaired) electrons. The Morgan fingerprint density at radius 3 is 1.51 bits per heavy atom. The normalized spacial score (nSPS) is 10.4. The Bertz CT molecular complexity index is 3450. The van der Waals surface area contributed by atoms with Gasteiger partial charge in [-0.15, -0.1) is 22.7 Å². The molecule has 75 heavy (non-hydrogen) atoms. The third-order valence-corrected chi connectivity index (χ3v) is 13.2. The summed E-state index contributed by atoms with van der Waals surface area (Å²) in [6, 6.07) is 18.5. The minimum Gasteiger partial charge on any atom is -0.870 e. The summed E-state index contributed by atoms with van der Waals surface area (Å²) in [7, 11) is 3.05. The monoisotopic (exact) mass is 1050 g/mol. The molecule has 0 aliphatic rings. The third-order valence-electron chi connectivity index (χ3n) is 11.4. The average Bonchev–Trinajstić information content (AvgIpc) is 4.23. The molecule has 20 nitrogen and oxygen atoms in total. The molecule has 0 saturated heterocycles. The van der Waals surface area contributed by atoms with Gasteiger partial charge < -0.3 is 39.7 Å². The van der Waals surface area contributed by atoms with Crippen molar-refractivity contribution in [3.05, 3.63) is 149 Å². The Labute approximate surface area is 451 Å². The van der Waals surface area contributed by atoms with E-state index in [4.69, 9.17) is 28.9 Å². The van der Waals surface area contributed by atoms with Crippen LogP contribution in [0.25, 0.3) is 20.4 Å². The van der Waals surface area contributed by atoms with E-state index < -0.39 is 17.5 Å². The summed E-state index contributed by atoms with van der Waals surface area (Å²) in [5.74, 6) is -0.832. The SMILES string of the molecule is CCCCOc1c(C(=O)O)c2sccc2n(Cc2cnn(Cc3ccc(C#N)c(OC)c3)c2)c1=O.CCCCOc1c(C(=O)OCC)c2sccc2n(Cc2cnn(Cc3ccc(C#N)c(OC)c3)c2)c1=O.O.[Li+].[OH-]. The number of methoxy groups -OCH3 is 2. The zero-order valence-corrected chi connectivity index (χ0v) is 44.0. The van der Waals surface area contributed by atoms with E-state index in [2.05, 4.69) is 22.3 Å². The Hall–Kier alpha value is -7.68. The van der Waals surface area contributed by atoms with E-state index in [-0.39, 0.29) is 84.3 Å². The zero-order chi connectivity index (χ0) is 51.3. The fraction of sp³-hybridized carbons (Fsp3) is 0.308. The van der Waals surface area contributed by atoms with Gasteiger partial charge in [0.25, 0.3) is 11.1 Å². The summed E-state index contributed by atoms with van der Waals surface area (Å²) in [5.41, 5.74) is 4.79. The van der Waals surface area contributed by atoms with Crippen molar-refractivity contribution in [3.63, 3.8) is 0 Å². The van der Waals surface area contributed by atoms with Crippen LogP contribution in [0.5, 0.6) is 23.0 Å². The van der Waals surface area contributed by atoms with Crippen molar-refractivity contribution in [2.24, 2.45) is 0 Å². The summed E-state index contributed by atoms with van der Waals surface area (Å²) in [6.07, 6.45) is 10.3. The maximum Gasteiger partial charge on any atom is 1.00 e. The summed E-state index contributed by atoms with van der Waals surface area (Å²) in [4.78, 5) is 51.8. The number of carboxylic acid groups (broad SMARTS) is 1. The summed E-state index contributed by atoms with van der Waals surface area (Å²) in [5, 5.41) is 40.6. The van der Waals surface area contributed by atoms with Gasteiger partial charge in [0.2, 0.25) is 11.5 Å². The summed E-state index contributed by atoms with van der Waals surface area (Å²) >= 11 is 2.64. The van der Waals surface area contributed by atoms with Crippen molar-refractivity contribution in [2.75, 3.05) is 34.0 Å². The number of unbranched alkanes of at least 4 members (excludes halogenated alkanes) is 2. The predicted octanol–water partition coefficient (Wildman–Crippen LogP) is 4.71. The number of esters is 1. The van der Waals surface area contributed by atoms with E-state index in [9.17, 15) is 29.5 Å². The molecule has 0 spiro atoms. The second-order valence-corrected chi connectivity index (χ2v) is 18.1. The van der Waals surface area contributed by atoms with Gasteiger partial charge in [-0.2, -0.15) is 20.7 Å². The molecule has 6 aromatic heterocycles. The molecule has 0 bridgehead atoms. The van der Waals surface area contributed by atoms with Gasteiger partial charge in [-0.3, -0.25) is 28.1 Å². The van der Waals surface area contributed by atoms with E-state index in [1.54, 1.807) is 62.9 Å². The first-order valence-electron chi connectivity index (χ1n) is 23.1. The molecular weight excluding hydrogens is 1000 g/mol. The minimum absolute atomic E-state index is 0. The molecule has 23 heteroatoms. The first-order chi connectivity index (χ1) is 35.0. The molecule has 0 unspecified atom stereocenters. The van der Waals surface area contributed by atoms with Crippen LogP contribution in [0.15, 0.2) is 93.7 Å². The number of hydrogen-bond acceptors (Lipinski definition) is 16. The van der Waals surface area contributed by atoms with Crippen LogP contribution in [0.2, 0.25) is 0 Å². The van der Waals surface area contributed by atoms with E-state index in [0.29, 0.717) is 69.2 Å². The second-order valence-electron chi connectivity index (χ2n) is 16.3. The number of nitrogens with zero attached hydrogens (tertiary/aromatic N) is 8. The number of thiophene rings is 2. The fourth-order valence-electron chi connectivity index (χ4n) is 7.83. The van der Waals surface area contributed by atoms with Gasteiger partial charge in [-0.1, -0.05) is 38.8 Å². The van der Waals surface area contributed by atoms with Crippen LogP contribution in [0.4, 0.5) is 0 Å². The maximum atomic E-state index is 13.6. The van der Waals surface area contributed by atoms with Crippen LogP contribution in [-0.4, -0.2) is 90.7 Å². The van der Waals surface area contributed by atoms with Gasteiger partial charge in [-0.05, 0) is 78.1 Å². The smallest absolute Gasteiger partial charge is 0.870 e. The topological polar surface area (TPSA) is 289 Å². The molecular formula is C52H55LiN8O12S2. The number of ether oxygens (including phenoxy) is 5. The number of carbonyl (C=O) groups is 2. The number of fused-ring (bicyclic) bond motifs is 2. The maximum absolute atomic E-state index is 13.6. The molecule has 8 rings (SSSR count). The van der Waals surface area contributed by atoms with Crippen LogP contribution < -0.4 is 48.9 Å². The van der Waals surface area contributed by atoms with Crippen molar-refractivity contribution in [3.8, 4) is 35.1 Å². The Balaban J connectivity index is 0.000000312. The molecule has 6 heterocycles. The number of nitriles is 2. The summed E-state index contributed by atoms with van der Waals surface area (Å²) < 4.78 is 35.2. The van der Waals surface area contributed by atoms with Crippen molar-refractivity contribution < 1.29 is 68.2 Å². The van der Waals surface area contributed by atoms with Gasteiger partial charge in [0.1, 0.15) is 34.8 Å². The van der Waals surface area contributed by atoms with Crippen molar-refractivity contribution >= 4 is 55.0 Å². The minimum atomic E-state index is -1.18.